The Kier molecular flexibility index (Phi) is 5.49. The predicted octanol–water partition coefficient (Wildman–Crippen LogP) is 1.70. The van der Waals surface area contributed by atoms with Gasteiger partial charge in [0.2, 0.25) is 5.91 Å². The molecule has 1 unspecified atom stereocenters. The lowest BCUT2D eigenvalue weighted by molar-refractivity contribution is -0.116. The van der Waals surface area contributed by atoms with Crippen molar-refractivity contribution in [2.75, 3.05) is 38.5 Å². The Morgan fingerprint density at radius 3 is 3.00 bits per heavy atom. The lowest BCUT2D eigenvalue weighted by Gasteiger charge is -2.15. The highest BCUT2D eigenvalue weighted by atomic mass is 19.1. The molecule has 4 nitrogen and oxygen atoms in total. The Morgan fingerprint density at radius 1 is 1.45 bits per heavy atom. The zero-order valence-corrected chi connectivity index (χ0v) is 11.9. The Balaban J connectivity index is 1.72. The maximum Gasteiger partial charge on any atom is 0.225 e. The van der Waals surface area contributed by atoms with E-state index in [-0.39, 0.29) is 11.6 Å². The van der Waals surface area contributed by atoms with E-state index in [2.05, 4.69) is 15.5 Å². The van der Waals surface area contributed by atoms with Crippen LogP contribution < -0.4 is 10.6 Å². The van der Waals surface area contributed by atoms with Gasteiger partial charge in [-0.1, -0.05) is 12.1 Å². The number of nitrogens with zero attached hydrogens (tertiary/aromatic N) is 1. The Bertz CT molecular complexity index is 452. The molecule has 1 aromatic carbocycles. The number of carbonyl (C=O) groups excluding carboxylic acids is 1. The molecule has 1 saturated heterocycles. The van der Waals surface area contributed by atoms with Crippen LogP contribution >= 0.6 is 0 Å². The highest BCUT2D eigenvalue weighted by Gasteiger charge is 2.21. The number of halogens is 1. The van der Waals surface area contributed by atoms with Crippen LogP contribution in [0.15, 0.2) is 24.3 Å². The largest absolute Gasteiger partial charge is 0.324 e. The first-order valence-corrected chi connectivity index (χ1v) is 7.10. The van der Waals surface area contributed by atoms with E-state index in [1.807, 2.05) is 7.05 Å². The summed E-state index contributed by atoms with van der Waals surface area (Å²) in [4.78, 5) is 14.1. The van der Waals surface area contributed by atoms with Crippen molar-refractivity contribution in [3.8, 4) is 0 Å². The van der Waals surface area contributed by atoms with E-state index in [1.165, 1.54) is 12.5 Å². The molecule has 0 radical (unpaired) electrons. The number of likely N-dealkylation sites (tertiary alicyclic amines) is 1. The fourth-order valence-electron chi connectivity index (χ4n) is 2.61. The maximum absolute atomic E-state index is 13.4. The van der Waals surface area contributed by atoms with Crippen molar-refractivity contribution >= 4 is 11.6 Å². The summed E-state index contributed by atoms with van der Waals surface area (Å²) in [5.74, 6) is 0.151. The van der Waals surface area contributed by atoms with Gasteiger partial charge in [-0.05, 0) is 44.6 Å². The summed E-state index contributed by atoms with van der Waals surface area (Å²) in [6.07, 6.45) is 1.58. The number of amides is 1. The third kappa shape index (κ3) is 4.28. The summed E-state index contributed by atoms with van der Waals surface area (Å²) in [6, 6.07) is 6.24. The Labute approximate surface area is 119 Å². The molecular weight excluding hydrogens is 257 g/mol. The second-order valence-electron chi connectivity index (χ2n) is 5.29. The van der Waals surface area contributed by atoms with Gasteiger partial charge in [0.15, 0.2) is 0 Å². The van der Waals surface area contributed by atoms with Gasteiger partial charge >= 0.3 is 0 Å². The summed E-state index contributed by atoms with van der Waals surface area (Å²) in [5, 5.41) is 5.80. The second-order valence-corrected chi connectivity index (χ2v) is 5.29. The van der Waals surface area contributed by atoms with Crippen LogP contribution in [0.4, 0.5) is 10.1 Å². The molecule has 1 fully saturated rings. The minimum absolute atomic E-state index is 0.132. The number of hydrogen-bond acceptors (Lipinski definition) is 3. The zero-order valence-electron chi connectivity index (χ0n) is 11.9. The number of nitrogens with one attached hydrogen (secondary N) is 2. The van der Waals surface area contributed by atoms with Crippen molar-refractivity contribution in [3.63, 3.8) is 0 Å². The summed E-state index contributed by atoms with van der Waals surface area (Å²) in [7, 11) is 1.96. The van der Waals surface area contributed by atoms with Gasteiger partial charge in [0.25, 0.3) is 0 Å². The molecule has 0 aromatic heterocycles. The molecule has 1 heterocycles. The van der Waals surface area contributed by atoms with Gasteiger partial charge in [-0.25, -0.2) is 4.39 Å². The fourth-order valence-corrected chi connectivity index (χ4v) is 2.61. The molecule has 110 valence electrons. The first kappa shape index (κ1) is 14.9. The molecule has 1 aliphatic rings. The molecule has 0 spiro atoms. The van der Waals surface area contributed by atoms with E-state index in [0.29, 0.717) is 12.3 Å². The van der Waals surface area contributed by atoms with Gasteiger partial charge in [0.05, 0.1) is 5.69 Å². The predicted molar refractivity (Wildman–Crippen MR) is 78.1 cm³/mol. The molecule has 2 rings (SSSR count). The number of carbonyl (C=O) groups is 1. The molecule has 1 atom stereocenters. The van der Waals surface area contributed by atoms with Crippen molar-refractivity contribution in [2.24, 2.45) is 5.92 Å². The zero-order chi connectivity index (χ0) is 14.4. The van der Waals surface area contributed by atoms with Crippen molar-refractivity contribution in [2.45, 2.75) is 12.8 Å². The van der Waals surface area contributed by atoms with E-state index in [1.54, 1.807) is 18.2 Å². The normalized spacial score (nSPS) is 19.2. The number of para-hydroxylation sites is 1. The van der Waals surface area contributed by atoms with Gasteiger partial charge in [-0.15, -0.1) is 0 Å². The monoisotopic (exact) mass is 279 g/mol. The van der Waals surface area contributed by atoms with E-state index in [4.69, 9.17) is 0 Å². The second kappa shape index (κ2) is 7.36. The van der Waals surface area contributed by atoms with Gasteiger partial charge in [-0.2, -0.15) is 0 Å². The van der Waals surface area contributed by atoms with Gasteiger partial charge in [0, 0.05) is 19.5 Å². The van der Waals surface area contributed by atoms with Crippen LogP contribution in [0.2, 0.25) is 0 Å². The van der Waals surface area contributed by atoms with E-state index >= 15 is 0 Å². The lowest BCUT2D eigenvalue weighted by Crippen LogP contribution is -2.28. The van der Waals surface area contributed by atoms with E-state index in [9.17, 15) is 9.18 Å². The standard InChI is InChI=1S/C15H22FN3O/c1-17-10-12-6-8-19(11-12)9-7-15(20)18-14-5-3-2-4-13(14)16/h2-5,12,17H,6-11H2,1H3,(H,18,20). The van der Waals surface area contributed by atoms with Crippen LogP contribution in [0.1, 0.15) is 12.8 Å². The topological polar surface area (TPSA) is 44.4 Å². The van der Waals surface area contributed by atoms with E-state index in [0.717, 1.165) is 26.2 Å². The molecule has 0 bridgehead atoms. The maximum atomic E-state index is 13.4. The van der Waals surface area contributed by atoms with Crippen molar-refractivity contribution in [3.05, 3.63) is 30.1 Å². The van der Waals surface area contributed by atoms with Crippen LogP contribution in [0.5, 0.6) is 0 Å². The summed E-state index contributed by atoms with van der Waals surface area (Å²) < 4.78 is 13.4. The number of anilines is 1. The quantitative estimate of drug-likeness (QED) is 0.833. The molecule has 1 amide bonds. The number of rotatable bonds is 6. The van der Waals surface area contributed by atoms with Crippen molar-refractivity contribution < 1.29 is 9.18 Å². The van der Waals surface area contributed by atoms with Gasteiger partial charge in [0.1, 0.15) is 5.82 Å². The number of hydrogen-bond donors (Lipinski definition) is 2. The van der Waals surface area contributed by atoms with Crippen LogP contribution in [-0.2, 0) is 4.79 Å². The Morgan fingerprint density at radius 2 is 2.25 bits per heavy atom. The van der Waals surface area contributed by atoms with Gasteiger partial charge in [-0.3, -0.25) is 4.79 Å². The highest BCUT2D eigenvalue weighted by molar-refractivity contribution is 5.90. The molecule has 20 heavy (non-hydrogen) atoms. The van der Waals surface area contributed by atoms with Crippen LogP contribution in [0.25, 0.3) is 0 Å². The molecular formula is C15H22FN3O. The minimum Gasteiger partial charge on any atom is -0.324 e. The third-order valence-electron chi connectivity index (χ3n) is 3.67. The SMILES string of the molecule is CNCC1CCN(CCC(=O)Nc2ccccc2F)C1. The average molecular weight is 279 g/mol. The first-order chi connectivity index (χ1) is 9.69. The number of benzene rings is 1. The summed E-state index contributed by atoms with van der Waals surface area (Å²) >= 11 is 0. The average Bonchev–Trinajstić information content (AvgIpc) is 2.87. The molecule has 5 heteroatoms. The molecule has 1 aromatic rings. The smallest absolute Gasteiger partial charge is 0.225 e. The summed E-state index contributed by atoms with van der Waals surface area (Å²) in [6.45, 7) is 3.84. The van der Waals surface area contributed by atoms with Gasteiger partial charge < -0.3 is 15.5 Å². The lowest BCUT2D eigenvalue weighted by atomic mass is 10.1. The first-order valence-electron chi connectivity index (χ1n) is 7.10. The Hall–Kier alpha value is -1.46. The molecule has 0 aliphatic carbocycles. The minimum atomic E-state index is -0.392. The van der Waals surface area contributed by atoms with Crippen LogP contribution in [0.3, 0.4) is 0 Å². The molecule has 1 aliphatic heterocycles. The van der Waals surface area contributed by atoms with Crippen molar-refractivity contribution in [1.82, 2.24) is 10.2 Å². The fraction of sp³-hybridized carbons (Fsp3) is 0.533. The van der Waals surface area contributed by atoms with Crippen molar-refractivity contribution in [1.29, 1.82) is 0 Å². The van der Waals surface area contributed by atoms with Crippen LogP contribution in [-0.4, -0.2) is 44.0 Å². The molecule has 0 saturated carbocycles. The third-order valence-corrected chi connectivity index (χ3v) is 3.67. The highest BCUT2D eigenvalue weighted by Crippen LogP contribution is 2.16. The van der Waals surface area contributed by atoms with E-state index < -0.39 is 5.82 Å². The van der Waals surface area contributed by atoms with Crippen LogP contribution in [0, 0.1) is 11.7 Å². The molecule has 2 N–H and O–H groups in total. The summed E-state index contributed by atoms with van der Waals surface area (Å²) in [5.41, 5.74) is 0.256.